The van der Waals surface area contributed by atoms with Crippen LogP contribution in [0.2, 0.25) is 0 Å². The normalized spacial score (nSPS) is 17.3. The van der Waals surface area contributed by atoms with Gasteiger partial charge in [-0.2, -0.15) is 0 Å². The van der Waals surface area contributed by atoms with E-state index < -0.39 is 6.09 Å². The summed E-state index contributed by atoms with van der Waals surface area (Å²) in [6.45, 7) is 4.31. The van der Waals surface area contributed by atoms with Crippen LogP contribution in [0.1, 0.15) is 18.4 Å². The maximum Gasteiger partial charge on any atom is 0.414 e. The number of carbonyl (C=O) groups excluding carboxylic acids is 2. The van der Waals surface area contributed by atoms with E-state index in [-0.39, 0.29) is 29.8 Å². The van der Waals surface area contributed by atoms with Gasteiger partial charge in [-0.15, -0.1) is 11.8 Å². The van der Waals surface area contributed by atoms with Gasteiger partial charge >= 0.3 is 11.8 Å². The molecule has 5 rings (SSSR count). The standard InChI is InChI=1S/C25H24N4O5S/c1-3-15-6-8-18-20(11-15)27(2)24(32)28(23(18)31)10-4-5-17-13-29(25(33)34-17)16-7-9-21-19(12-16)26-22(30)14-35-21/h3,6-9,11-12,17H,1,4-5,10,13-14H2,2H3,(H,26,30). The lowest BCUT2D eigenvalue weighted by molar-refractivity contribution is -0.113. The third-order valence-corrected chi connectivity index (χ3v) is 7.38. The Morgan fingerprint density at radius 1 is 1.17 bits per heavy atom. The van der Waals surface area contributed by atoms with Gasteiger partial charge in [-0.3, -0.25) is 23.6 Å². The molecular formula is C25H24N4O5S. The maximum absolute atomic E-state index is 13.0. The van der Waals surface area contributed by atoms with Crippen LogP contribution in [0.4, 0.5) is 16.2 Å². The maximum atomic E-state index is 13.0. The lowest BCUT2D eigenvalue weighted by atomic mass is 10.1. The predicted octanol–water partition coefficient (Wildman–Crippen LogP) is 3.19. The molecular weight excluding hydrogens is 468 g/mol. The molecule has 1 aromatic heterocycles. The first-order valence-corrected chi connectivity index (χ1v) is 12.2. The van der Waals surface area contributed by atoms with E-state index >= 15 is 0 Å². The number of carbonyl (C=O) groups is 2. The number of anilines is 2. The van der Waals surface area contributed by atoms with E-state index in [1.54, 1.807) is 37.4 Å². The van der Waals surface area contributed by atoms with Crippen molar-refractivity contribution < 1.29 is 14.3 Å². The van der Waals surface area contributed by atoms with Gasteiger partial charge < -0.3 is 10.1 Å². The van der Waals surface area contributed by atoms with E-state index in [0.717, 1.165) is 10.5 Å². The topological polar surface area (TPSA) is 103 Å². The Hall–Kier alpha value is -3.79. The van der Waals surface area contributed by atoms with E-state index in [9.17, 15) is 19.2 Å². The molecule has 1 unspecified atom stereocenters. The summed E-state index contributed by atoms with van der Waals surface area (Å²) in [4.78, 5) is 52.5. The first-order chi connectivity index (χ1) is 16.9. The molecule has 180 valence electrons. The van der Waals surface area contributed by atoms with Crippen molar-refractivity contribution in [3.63, 3.8) is 0 Å². The monoisotopic (exact) mass is 492 g/mol. The molecule has 0 aliphatic carbocycles. The summed E-state index contributed by atoms with van der Waals surface area (Å²) in [5, 5.41) is 3.30. The number of aryl methyl sites for hydroxylation is 1. The molecule has 1 fully saturated rings. The molecule has 0 spiro atoms. The molecule has 1 saturated heterocycles. The van der Waals surface area contributed by atoms with Crippen molar-refractivity contribution in [2.75, 3.05) is 22.5 Å². The number of aromatic nitrogens is 2. The number of hydrogen-bond donors (Lipinski definition) is 1. The lowest BCUT2D eigenvalue weighted by Crippen LogP contribution is -2.39. The minimum Gasteiger partial charge on any atom is -0.444 e. The van der Waals surface area contributed by atoms with Gasteiger partial charge in [0.25, 0.3) is 5.56 Å². The van der Waals surface area contributed by atoms with Gasteiger partial charge in [0.1, 0.15) is 6.10 Å². The first-order valence-electron chi connectivity index (χ1n) is 11.3. The summed E-state index contributed by atoms with van der Waals surface area (Å²) in [5.74, 6) is 0.303. The molecule has 2 aromatic carbocycles. The van der Waals surface area contributed by atoms with Crippen molar-refractivity contribution in [2.24, 2.45) is 7.05 Å². The Kier molecular flexibility index (Phi) is 5.98. The second kappa shape index (κ2) is 9.10. The highest BCUT2D eigenvalue weighted by Gasteiger charge is 2.32. The number of nitrogens with zero attached hydrogens (tertiary/aromatic N) is 3. The van der Waals surface area contributed by atoms with Crippen LogP contribution >= 0.6 is 11.8 Å². The highest BCUT2D eigenvalue weighted by atomic mass is 32.2. The summed E-state index contributed by atoms with van der Waals surface area (Å²) in [7, 11) is 1.64. The number of rotatable bonds is 6. The Bertz CT molecular complexity index is 1490. The number of ether oxygens (including phenoxy) is 1. The molecule has 10 heteroatoms. The Morgan fingerprint density at radius 3 is 2.80 bits per heavy atom. The number of cyclic esters (lactones) is 1. The van der Waals surface area contributed by atoms with Crippen LogP contribution in [0.5, 0.6) is 0 Å². The van der Waals surface area contributed by atoms with E-state index in [2.05, 4.69) is 11.9 Å². The average Bonchev–Trinajstić information content (AvgIpc) is 3.24. The minimum atomic E-state index is -0.457. The molecule has 0 saturated carbocycles. The molecule has 35 heavy (non-hydrogen) atoms. The molecule has 0 bridgehead atoms. The molecule has 2 amide bonds. The zero-order valence-corrected chi connectivity index (χ0v) is 20.0. The third-order valence-electron chi connectivity index (χ3n) is 6.30. The zero-order valence-electron chi connectivity index (χ0n) is 19.2. The van der Waals surface area contributed by atoms with Gasteiger partial charge in [-0.05, 0) is 48.7 Å². The van der Waals surface area contributed by atoms with Crippen molar-refractivity contribution in [3.05, 3.63) is 69.4 Å². The van der Waals surface area contributed by atoms with Crippen LogP contribution in [0.3, 0.4) is 0 Å². The minimum absolute atomic E-state index is 0.0715. The van der Waals surface area contributed by atoms with Crippen LogP contribution in [-0.2, 0) is 23.1 Å². The fourth-order valence-corrected chi connectivity index (χ4v) is 5.23. The van der Waals surface area contributed by atoms with E-state index in [4.69, 9.17) is 4.74 Å². The van der Waals surface area contributed by atoms with Gasteiger partial charge in [-0.1, -0.05) is 18.7 Å². The molecule has 1 atom stereocenters. The molecule has 9 nitrogen and oxygen atoms in total. The second-order valence-corrected chi connectivity index (χ2v) is 9.57. The highest BCUT2D eigenvalue weighted by molar-refractivity contribution is 8.00. The summed E-state index contributed by atoms with van der Waals surface area (Å²) < 4.78 is 8.22. The van der Waals surface area contributed by atoms with E-state index in [0.29, 0.717) is 47.4 Å². The third kappa shape index (κ3) is 4.25. The van der Waals surface area contributed by atoms with Crippen molar-refractivity contribution in [3.8, 4) is 0 Å². The Balaban J connectivity index is 1.28. The second-order valence-electron chi connectivity index (χ2n) is 8.56. The Labute approximate surface area is 205 Å². The first kappa shape index (κ1) is 23.0. The van der Waals surface area contributed by atoms with Gasteiger partial charge in [0.2, 0.25) is 5.91 Å². The Morgan fingerprint density at radius 2 is 2.00 bits per heavy atom. The SMILES string of the molecule is C=Cc1ccc2c(=O)n(CCCC3CN(c4ccc5c(c4)NC(=O)CS5)C(=O)O3)c(=O)n(C)c2c1. The average molecular weight is 493 g/mol. The van der Waals surface area contributed by atoms with Gasteiger partial charge in [0, 0.05) is 24.2 Å². The van der Waals surface area contributed by atoms with E-state index in [1.807, 2.05) is 12.1 Å². The summed E-state index contributed by atoms with van der Waals surface area (Å²) in [5.41, 5.74) is 2.01. The van der Waals surface area contributed by atoms with Gasteiger partial charge in [0.15, 0.2) is 0 Å². The van der Waals surface area contributed by atoms with Gasteiger partial charge in [-0.25, -0.2) is 9.59 Å². The molecule has 2 aliphatic rings. The van der Waals surface area contributed by atoms with Crippen LogP contribution in [0, 0.1) is 0 Å². The summed E-state index contributed by atoms with van der Waals surface area (Å²) in [6, 6.07) is 10.8. The summed E-state index contributed by atoms with van der Waals surface area (Å²) >= 11 is 1.46. The fourth-order valence-electron chi connectivity index (χ4n) is 4.45. The largest absolute Gasteiger partial charge is 0.444 e. The molecule has 3 heterocycles. The van der Waals surface area contributed by atoms with Crippen molar-refractivity contribution in [1.82, 2.24) is 9.13 Å². The van der Waals surface area contributed by atoms with Crippen LogP contribution in [0.25, 0.3) is 17.0 Å². The number of amides is 2. The molecule has 1 N–H and O–H groups in total. The summed E-state index contributed by atoms with van der Waals surface area (Å²) in [6.07, 6.45) is 1.84. The number of nitrogens with one attached hydrogen (secondary N) is 1. The van der Waals surface area contributed by atoms with Crippen molar-refractivity contribution in [1.29, 1.82) is 0 Å². The molecule has 2 aliphatic heterocycles. The fraction of sp³-hybridized carbons (Fsp3) is 0.280. The number of benzene rings is 2. The smallest absolute Gasteiger partial charge is 0.414 e. The van der Waals surface area contributed by atoms with Crippen LogP contribution < -0.4 is 21.5 Å². The number of hydrogen-bond acceptors (Lipinski definition) is 6. The predicted molar refractivity (Wildman–Crippen MR) is 136 cm³/mol. The van der Waals surface area contributed by atoms with Gasteiger partial charge in [0.05, 0.1) is 28.9 Å². The van der Waals surface area contributed by atoms with E-state index in [1.165, 1.54) is 25.8 Å². The molecule has 0 radical (unpaired) electrons. The highest BCUT2D eigenvalue weighted by Crippen LogP contribution is 2.35. The van der Waals surface area contributed by atoms with Crippen molar-refractivity contribution >= 4 is 52.1 Å². The van der Waals surface area contributed by atoms with Crippen molar-refractivity contribution in [2.45, 2.75) is 30.4 Å². The molecule has 3 aromatic rings. The zero-order chi connectivity index (χ0) is 24.7. The quantitative estimate of drug-likeness (QED) is 0.567. The number of thioether (sulfide) groups is 1. The number of fused-ring (bicyclic) bond motifs is 2. The lowest BCUT2D eigenvalue weighted by Gasteiger charge is -2.20. The van der Waals surface area contributed by atoms with Crippen LogP contribution in [0.15, 0.2) is 57.5 Å². The van der Waals surface area contributed by atoms with Crippen LogP contribution in [-0.4, -0.2) is 39.5 Å².